The van der Waals surface area contributed by atoms with Crippen LogP contribution < -0.4 is 5.73 Å². The first-order chi connectivity index (χ1) is 8.79. The van der Waals surface area contributed by atoms with Crippen molar-refractivity contribution in [3.63, 3.8) is 0 Å². The molecule has 1 aromatic rings. The smallest absolute Gasteiger partial charge is 0.123 e. The summed E-state index contributed by atoms with van der Waals surface area (Å²) in [6.07, 6.45) is 2.90. The van der Waals surface area contributed by atoms with E-state index in [9.17, 15) is 0 Å². The van der Waals surface area contributed by atoms with E-state index in [2.05, 4.69) is 20.9 Å². The lowest BCUT2D eigenvalue weighted by atomic mass is 10.2. The van der Waals surface area contributed by atoms with E-state index in [0.717, 1.165) is 31.2 Å². The molecule has 0 atom stereocenters. The summed E-state index contributed by atoms with van der Waals surface area (Å²) in [5.41, 5.74) is 6.80. The molecule has 1 saturated heterocycles. The van der Waals surface area contributed by atoms with Gasteiger partial charge in [-0.15, -0.1) is 0 Å². The lowest BCUT2D eigenvalue weighted by molar-refractivity contribution is 0.122. The molecule has 4 nitrogen and oxygen atoms in total. The number of hydrogen-bond donors (Lipinski definition) is 1. The zero-order valence-electron chi connectivity index (χ0n) is 10.9. The second-order valence-electron chi connectivity index (χ2n) is 5.57. The van der Waals surface area contributed by atoms with E-state index in [1.807, 2.05) is 12.1 Å². The van der Waals surface area contributed by atoms with Crippen LogP contribution in [0.3, 0.4) is 0 Å². The summed E-state index contributed by atoms with van der Waals surface area (Å²) < 4.78 is 0. The van der Waals surface area contributed by atoms with Crippen molar-refractivity contribution in [2.24, 2.45) is 5.92 Å². The highest BCUT2D eigenvalue weighted by Gasteiger charge is 2.26. The minimum Gasteiger partial charge on any atom is -0.384 e. The van der Waals surface area contributed by atoms with Gasteiger partial charge in [0.25, 0.3) is 0 Å². The third-order valence-electron chi connectivity index (χ3n) is 3.89. The molecule has 0 bridgehead atoms. The van der Waals surface area contributed by atoms with Gasteiger partial charge in [0.1, 0.15) is 5.82 Å². The van der Waals surface area contributed by atoms with Crippen molar-refractivity contribution in [1.29, 1.82) is 0 Å². The van der Waals surface area contributed by atoms with Crippen molar-refractivity contribution in [3.05, 3.63) is 23.9 Å². The summed E-state index contributed by atoms with van der Waals surface area (Å²) in [6.45, 7) is 6.98. The van der Waals surface area contributed by atoms with E-state index >= 15 is 0 Å². The molecule has 2 fully saturated rings. The van der Waals surface area contributed by atoms with Crippen molar-refractivity contribution < 1.29 is 0 Å². The van der Waals surface area contributed by atoms with E-state index in [1.165, 1.54) is 32.5 Å². The van der Waals surface area contributed by atoms with Gasteiger partial charge < -0.3 is 10.6 Å². The summed E-state index contributed by atoms with van der Waals surface area (Å²) in [7, 11) is 0. The summed E-state index contributed by atoms with van der Waals surface area (Å²) in [5.74, 6) is 1.63. The number of aromatic nitrogens is 1. The van der Waals surface area contributed by atoms with Crippen LogP contribution in [0.15, 0.2) is 18.2 Å². The van der Waals surface area contributed by atoms with E-state index in [1.54, 1.807) is 0 Å². The zero-order chi connectivity index (χ0) is 12.4. The third kappa shape index (κ3) is 3.21. The Bertz CT molecular complexity index is 395. The van der Waals surface area contributed by atoms with Gasteiger partial charge in [-0.2, -0.15) is 0 Å². The van der Waals surface area contributed by atoms with Crippen LogP contribution in [0, 0.1) is 5.92 Å². The molecular weight excluding hydrogens is 224 g/mol. The average Bonchev–Trinajstić information content (AvgIpc) is 3.16. The first-order valence-electron chi connectivity index (χ1n) is 6.96. The first kappa shape index (κ1) is 11.9. The summed E-state index contributed by atoms with van der Waals surface area (Å²) in [6, 6.07) is 5.89. The van der Waals surface area contributed by atoms with E-state index in [-0.39, 0.29) is 0 Å². The Hall–Kier alpha value is -1.13. The monoisotopic (exact) mass is 246 g/mol. The predicted octanol–water partition coefficient (Wildman–Crippen LogP) is 1.19. The lowest BCUT2D eigenvalue weighted by Gasteiger charge is -2.34. The van der Waals surface area contributed by atoms with Crippen LogP contribution in [-0.2, 0) is 6.54 Å². The van der Waals surface area contributed by atoms with Crippen LogP contribution in [-0.4, -0.2) is 47.5 Å². The lowest BCUT2D eigenvalue weighted by Crippen LogP contribution is -2.46. The van der Waals surface area contributed by atoms with Gasteiger partial charge in [-0.25, -0.2) is 4.98 Å². The van der Waals surface area contributed by atoms with Crippen LogP contribution in [0.4, 0.5) is 5.82 Å². The minimum atomic E-state index is 0.625. The fourth-order valence-corrected chi connectivity index (χ4v) is 2.61. The Morgan fingerprint density at radius 3 is 2.50 bits per heavy atom. The molecular formula is C14H22N4. The normalized spacial score (nSPS) is 22.2. The molecule has 98 valence electrons. The summed E-state index contributed by atoms with van der Waals surface area (Å²) in [5, 5.41) is 0. The molecule has 3 rings (SSSR count). The molecule has 0 spiro atoms. The zero-order valence-corrected chi connectivity index (χ0v) is 10.9. The number of anilines is 1. The Morgan fingerprint density at radius 2 is 1.83 bits per heavy atom. The topological polar surface area (TPSA) is 45.4 Å². The van der Waals surface area contributed by atoms with E-state index < -0.39 is 0 Å². The molecule has 0 amide bonds. The largest absolute Gasteiger partial charge is 0.384 e. The maximum atomic E-state index is 5.71. The minimum absolute atomic E-state index is 0.625. The van der Waals surface area contributed by atoms with Crippen LogP contribution in [0.1, 0.15) is 18.5 Å². The molecule has 1 aromatic heterocycles. The number of nitrogens with zero attached hydrogens (tertiary/aromatic N) is 3. The highest BCUT2D eigenvalue weighted by atomic mass is 15.3. The molecule has 4 heteroatoms. The Morgan fingerprint density at radius 1 is 1.11 bits per heavy atom. The maximum Gasteiger partial charge on any atom is 0.123 e. The molecule has 0 radical (unpaired) electrons. The summed E-state index contributed by atoms with van der Waals surface area (Å²) in [4.78, 5) is 9.46. The Balaban J connectivity index is 1.47. The van der Waals surface area contributed by atoms with E-state index in [0.29, 0.717) is 5.82 Å². The quantitative estimate of drug-likeness (QED) is 0.867. The van der Waals surface area contributed by atoms with Crippen molar-refractivity contribution in [2.45, 2.75) is 19.4 Å². The second kappa shape index (κ2) is 5.24. The van der Waals surface area contributed by atoms with Gasteiger partial charge in [0.05, 0.1) is 5.69 Å². The highest BCUT2D eigenvalue weighted by molar-refractivity contribution is 5.28. The average molecular weight is 246 g/mol. The van der Waals surface area contributed by atoms with Gasteiger partial charge in [-0.05, 0) is 30.9 Å². The molecule has 1 aliphatic heterocycles. The van der Waals surface area contributed by atoms with Crippen molar-refractivity contribution in [1.82, 2.24) is 14.8 Å². The molecule has 2 aliphatic rings. The first-order valence-corrected chi connectivity index (χ1v) is 6.96. The Kier molecular flexibility index (Phi) is 3.48. The molecule has 2 N–H and O–H groups in total. The number of nitrogens with two attached hydrogens (primary N) is 1. The Labute approximate surface area is 109 Å². The van der Waals surface area contributed by atoms with Gasteiger partial charge in [-0.3, -0.25) is 4.90 Å². The number of piperazine rings is 1. The van der Waals surface area contributed by atoms with Crippen LogP contribution in [0.25, 0.3) is 0 Å². The maximum absolute atomic E-state index is 5.71. The predicted molar refractivity (Wildman–Crippen MR) is 73.1 cm³/mol. The number of pyridine rings is 1. The van der Waals surface area contributed by atoms with Gasteiger partial charge in [0.2, 0.25) is 0 Å². The molecule has 1 saturated carbocycles. The fourth-order valence-electron chi connectivity index (χ4n) is 2.61. The molecule has 1 aliphatic carbocycles. The number of hydrogen-bond acceptors (Lipinski definition) is 4. The SMILES string of the molecule is Nc1cccc(CN2CCN(CC3CC3)CC2)n1. The van der Waals surface area contributed by atoms with Crippen LogP contribution in [0.5, 0.6) is 0 Å². The van der Waals surface area contributed by atoms with Gasteiger partial charge in [0, 0.05) is 39.3 Å². The molecule has 2 heterocycles. The third-order valence-corrected chi connectivity index (χ3v) is 3.89. The molecule has 18 heavy (non-hydrogen) atoms. The number of rotatable bonds is 4. The highest BCUT2D eigenvalue weighted by Crippen LogP contribution is 2.29. The van der Waals surface area contributed by atoms with Gasteiger partial charge in [0.15, 0.2) is 0 Å². The van der Waals surface area contributed by atoms with E-state index in [4.69, 9.17) is 5.73 Å². The fraction of sp³-hybridized carbons (Fsp3) is 0.643. The van der Waals surface area contributed by atoms with Gasteiger partial charge in [-0.1, -0.05) is 6.07 Å². The van der Waals surface area contributed by atoms with Gasteiger partial charge >= 0.3 is 0 Å². The standard InChI is InChI=1S/C14H22N4/c15-14-3-1-2-13(16-14)11-18-8-6-17(7-9-18)10-12-4-5-12/h1-3,12H,4-11H2,(H2,15,16). The van der Waals surface area contributed by atoms with Crippen LogP contribution >= 0.6 is 0 Å². The van der Waals surface area contributed by atoms with Crippen molar-refractivity contribution in [2.75, 3.05) is 38.5 Å². The molecule has 0 unspecified atom stereocenters. The summed E-state index contributed by atoms with van der Waals surface area (Å²) >= 11 is 0. The molecule has 0 aromatic carbocycles. The van der Waals surface area contributed by atoms with Crippen molar-refractivity contribution in [3.8, 4) is 0 Å². The second-order valence-corrected chi connectivity index (χ2v) is 5.57. The van der Waals surface area contributed by atoms with Crippen LogP contribution in [0.2, 0.25) is 0 Å². The van der Waals surface area contributed by atoms with Crippen molar-refractivity contribution >= 4 is 5.82 Å². The number of nitrogen functional groups attached to an aromatic ring is 1.